The van der Waals surface area contributed by atoms with Gasteiger partial charge in [-0.15, -0.1) is 0 Å². The molecule has 0 bridgehead atoms. The van der Waals surface area contributed by atoms with Crippen molar-refractivity contribution in [3.8, 4) is 5.88 Å². The lowest BCUT2D eigenvalue weighted by molar-refractivity contribution is 0.394. The first-order valence-electron chi connectivity index (χ1n) is 4.77. The largest absolute Gasteiger partial charge is 0.480 e. The summed E-state index contributed by atoms with van der Waals surface area (Å²) in [4.78, 5) is 10.6. The first-order valence-corrected chi connectivity index (χ1v) is 5.57. The average molecular weight is 273 g/mol. The number of hydrogen-bond acceptors (Lipinski definition) is 5. The van der Waals surface area contributed by atoms with E-state index in [1.54, 1.807) is 13.3 Å². The fourth-order valence-electron chi connectivity index (χ4n) is 1.61. The Morgan fingerprint density at radius 1 is 1.67 bits per heavy atom. The third kappa shape index (κ3) is 2.21. The molecule has 1 aromatic rings. The van der Waals surface area contributed by atoms with Crippen molar-refractivity contribution in [1.29, 1.82) is 0 Å². The highest BCUT2D eigenvalue weighted by atomic mass is 79.9. The number of halogens is 1. The van der Waals surface area contributed by atoms with Gasteiger partial charge < -0.3 is 15.4 Å². The molecule has 1 saturated heterocycles. The predicted molar refractivity (Wildman–Crippen MR) is 61.1 cm³/mol. The molecule has 82 valence electrons. The number of nitrogens with zero attached hydrogens (tertiary/aromatic N) is 3. The minimum Gasteiger partial charge on any atom is -0.480 e. The van der Waals surface area contributed by atoms with Gasteiger partial charge in [-0.1, -0.05) is 0 Å². The summed E-state index contributed by atoms with van der Waals surface area (Å²) in [6.07, 6.45) is 2.69. The molecule has 2 heterocycles. The van der Waals surface area contributed by atoms with Crippen molar-refractivity contribution in [3.05, 3.63) is 10.7 Å². The zero-order valence-electron chi connectivity index (χ0n) is 8.48. The number of methoxy groups -OCH3 is 1. The lowest BCUT2D eigenvalue weighted by Gasteiger charge is -2.16. The molecule has 0 aromatic carbocycles. The van der Waals surface area contributed by atoms with Crippen molar-refractivity contribution >= 4 is 21.9 Å². The number of hydrogen-bond donors (Lipinski definition) is 1. The molecular formula is C9H13BrN4O. The number of rotatable bonds is 2. The number of aromatic nitrogens is 2. The fourth-order valence-corrected chi connectivity index (χ4v) is 1.96. The third-order valence-electron chi connectivity index (χ3n) is 2.40. The Hall–Kier alpha value is -0.880. The Bertz CT molecular complexity index is 360. The SMILES string of the molecule is COc1nc(N2CCC(N)C2)ncc1Br. The Morgan fingerprint density at radius 3 is 3.07 bits per heavy atom. The Labute approximate surface area is 96.8 Å². The highest BCUT2D eigenvalue weighted by molar-refractivity contribution is 9.10. The van der Waals surface area contributed by atoms with E-state index >= 15 is 0 Å². The zero-order valence-corrected chi connectivity index (χ0v) is 10.1. The van der Waals surface area contributed by atoms with Crippen LogP contribution in [0.15, 0.2) is 10.7 Å². The molecule has 0 saturated carbocycles. The van der Waals surface area contributed by atoms with Crippen LogP contribution < -0.4 is 15.4 Å². The standard InChI is InChI=1S/C9H13BrN4O/c1-15-8-7(10)4-12-9(13-8)14-3-2-6(11)5-14/h4,6H,2-3,5,11H2,1H3. The summed E-state index contributed by atoms with van der Waals surface area (Å²) in [6.45, 7) is 1.72. The van der Waals surface area contributed by atoms with Crippen LogP contribution in [0.1, 0.15) is 6.42 Å². The molecule has 15 heavy (non-hydrogen) atoms. The first-order chi connectivity index (χ1) is 7.20. The van der Waals surface area contributed by atoms with E-state index in [9.17, 15) is 0 Å². The highest BCUT2D eigenvalue weighted by Crippen LogP contribution is 2.24. The average Bonchev–Trinajstić information content (AvgIpc) is 2.66. The molecule has 5 nitrogen and oxygen atoms in total. The van der Waals surface area contributed by atoms with Gasteiger partial charge in [0.25, 0.3) is 0 Å². The van der Waals surface area contributed by atoms with Gasteiger partial charge in [0.15, 0.2) is 0 Å². The molecule has 1 aromatic heterocycles. The van der Waals surface area contributed by atoms with E-state index in [-0.39, 0.29) is 6.04 Å². The smallest absolute Gasteiger partial charge is 0.232 e. The molecule has 6 heteroatoms. The molecule has 1 aliphatic rings. The minimum absolute atomic E-state index is 0.225. The normalized spacial score (nSPS) is 20.7. The van der Waals surface area contributed by atoms with Crippen molar-refractivity contribution in [3.63, 3.8) is 0 Å². The van der Waals surface area contributed by atoms with Crippen LogP contribution in [0, 0.1) is 0 Å². The molecule has 0 spiro atoms. The van der Waals surface area contributed by atoms with Crippen LogP contribution in [0.4, 0.5) is 5.95 Å². The first kappa shape index (κ1) is 10.6. The minimum atomic E-state index is 0.225. The van der Waals surface area contributed by atoms with Crippen molar-refractivity contribution < 1.29 is 4.74 Å². The maximum atomic E-state index is 5.83. The van der Waals surface area contributed by atoms with Gasteiger partial charge in [-0.2, -0.15) is 4.98 Å². The Balaban J connectivity index is 2.21. The molecule has 1 unspecified atom stereocenters. The summed E-state index contributed by atoms with van der Waals surface area (Å²) in [5.74, 6) is 1.24. The van der Waals surface area contributed by atoms with Crippen LogP contribution in [0.5, 0.6) is 5.88 Å². The number of nitrogens with two attached hydrogens (primary N) is 1. The lowest BCUT2D eigenvalue weighted by atomic mass is 10.3. The van der Waals surface area contributed by atoms with E-state index in [1.165, 1.54) is 0 Å². The fraction of sp³-hybridized carbons (Fsp3) is 0.556. The van der Waals surface area contributed by atoms with E-state index < -0.39 is 0 Å². The van der Waals surface area contributed by atoms with Gasteiger partial charge >= 0.3 is 0 Å². The highest BCUT2D eigenvalue weighted by Gasteiger charge is 2.22. The maximum absolute atomic E-state index is 5.83. The molecule has 0 aliphatic carbocycles. The second kappa shape index (κ2) is 4.32. The quantitative estimate of drug-likeness (QED) is 0.862. The monoisotopic (exact) mass is 272 g/mol. The van der Waals surface area contributed by atoms with Gasteiger partial charge in [-0.3, -0.25) is 0 Å². The van der Waals surface area contributed by atoms with E-state index in [1.807, 2.05) is 0 Å². The van der Waals surface area contributed by atoms with Crippen molar-refractivity contribution in [1.82, 2.24) is 9.97 Å². The van der Waals surface area contributed by atoms with E-state index in [2.05, 4.69) is 30.8 Å². The summed E-state index contributed by atoms with van der Waals surface area (Å²) in [5.41, 5.74) is 5.83. The van der Waals surface area contributed by atoms with Gasteiger partial charge in [-0.05, 0) is 22.4 Å². The van der Waals surface area contributed by atoms with Crippen LogP contribution in [-0.2, 0) is 0 Å². The maximum Gasteiger partial charge on any atom is 0.232 e. The summed E-state index contributed by atoms with van der Waals surface area (Å²) >= 11 is 3.32. The van der Waals surface area contributed by atoms with Crippen LogP contribution in [0.25, 0.3) is 0 Å². The molecule has 2 N–H and O–H groups in total. The Kier molecular flexibility index (Phi) is 3.06. The molecular weight excluding hydrogens is 260 g/mol. The molecule has 1 aliphatic heterocycles. The second-order valence-electron chi connectivity index (χ2n) is 3.52. The van der Waals surface area contributed by atoms with Gasteiger partial charge in [-0.25, -0.2) is 4.98 Å². The van der Waals surface area contributed by atoms with E-state index in [0.29, 0.717) is 11.8 Å². The van der Waals surface area contributed by atoms with Gasteiger partial charge in [0.1, 0.15) is 0 Å². The van der Waals surface area contributed by atoms with Crippen molar-refractivity contribution in [2.45, 2.75) is 12.5 Å². The molecule has 1 fully saturated rings. The molecule has 0 radical (unpaired) electrons. The molecule has 0 amide bonds. The topological polar surface area (TPSA) is 64.3 Å². The second-order valence-corrected chi connectivity index (χ2v) is 4.38. The summed E-state index contributed by atoms with van der Waals surface area (Å²) in [6, 6.07) is 0.225. The van der Waals surface area contributed by atoms with Crippen LogP contribution in [0.3, 0.4) is 0 Å². The van der Waals surface area contributed by atoms with Gasteiger partial charge in [0.2, 0.25) is 11.8 Å². The van der Waals surface area contributed by atoms with Gasteiger partial charge in [0, 0.05) is 19.1 Å². The van der Waals surface area contributed by atoms with E-state index in [4.69, 9.17) is 10.5 Å². The lowest BCUT2D eigenvalue weighted by Crippen LogP contribution is -2.27. The third-order valence-corrected chi connectivity index (χ3v) is 2.94. The van der Waals surface area contributed by atoms with E-state index in [0.717, 1.165) is 24.0 Å². The Morgan fingerprint density at radius 2 is 2.47 bits per heavy atom. The van der Waals surface area contributed by atoms with Crippen LogP contribution in [-0.4, -0.2) is 36.2 Å². The summed E-state index contributed by atoms with van der Waals surface area (Å²) < 4.78 is 5.88. The number of ether oxygens (including phenoxy) is 1. The summed E-state index contributed by atoms with van der Waals surface area (Å²) in [5, 5.41) is 0. The van der Waals surface area contributed by atoms with Crippen LogP contribution in [0.2, 0.25) is 0 Å². The predicted octanol–water partition coefficient (Wildman–Crippen LogP) is 0.785. The zero-order chi connectivity index (χ0) is 10.8. The number of anilines is 1. The molecule has 2 rings (SSSR count). The van der Waals surface area contributed by atoms with Crippen LogP contribution >= 0.6 is 15.9 Å². The van der Waals surface area contributed by atoms with Crippen molar-refractivity contribution in [2.75, 3.05) is 25.1 Å². The van der Waals surface area contributed by atoms with Crippen molar-refractivity contribution in [2.24, 2.45) is 5.73 Å². The van der Waals surface area contributed by atoms with Gasteiger partial charge in [0.05, 0.1) is 17.8 Å². The molecule has 1 atom stereocenters. The summed E-state index contributed by atoms with van der Waals surface area (Å²) in [7, 11) is 1.59.